The maximum absolute atomic E-state index is 10.2. The van der Waals surface area contributed by atoms with Crippen molar-refractivity contribution < 1.29 is 75.5 Å². The van der Waals surface area contributed by atoms with E-state index < -0.39 is 111 Å². The van der Waals surface area contributed by atoms with Gasteiger partial charge in [0.15, 0.2) is 0 Å². The summed E-state index contributed by atoms with van der Waals surface area (Å²) in [6.07, 6.45) is -11.1. The highest BCUT2D eigenvalue weighted by Gasteiger charge is 2.44. The van der Waals surface area contributed by atoms with Gasteiger partial charge in [-0.25, -0.2) is 0 Å². The second kappa shape index (κ2) is 22.0. The van der Waals surface area contributed by atoms with E-state index in [1.165, 1.54) is 6.20 Å². The van der Waals surface area contributed by atoms with E-state index in [4.69, 9.17) is 25.7 Å². The van der Waals surface area contributed by atoms with Crippen LogP contribution < -0.4 is 0 Å². The first-order valence-electron chi connectivity index (χ1n) is 17.8. The average Bonchev–Trinajstić information content (AvgIpc) is 3.96. The Labute approximate surface area is 359 Å². The largest absolute Gasteiger partial charge is 0.394 e. The normalized spacial score (nSPS) is 33.6. The number of aromatic amines is 2. The smallest absolute Gasteiger partial charge is 0.147 e. The number of hydrogen-bond acceptors (Lipinski definition) is 17. The third-order valence-electron chi connectivity index (χ3n) is 9.67. The van der Waals surface area contributed by atoms with Crippen LogP contribution in [-0.2, 0) is 14.2 Å². The molecule has 326 valence electrons. The van der Waals surface area contributed by atoms with E-state index in [-0.39, 0.29) is 7.43 Å². The molecule has 7 rings (SSSR count). The van der Waals surface area contributed by atoms with Gasteiger partial charge < -0.3 is 75.5 Å². The van der Waals surface area contributed by atoms with Crippen LogP contribution in [-0.4, -0.2) is 193 Å². The fourth-order valence-corrected chi connectivity index (χ4v) is 7.06. The maximum atomic E-state index is 10.2. The number of aliphatic hydroxyl groups excluding tert-OH is 12. The molecule has 0 aliphatic carbocycles. The van der Waals surface area contributed by atoms with Crippen molar-refractivity contribution in [2.75, 3.05) is 19.8 Å². The zero-order valence-electron chi connectivity index (χ0n) is 30.6. The van der Waals surface area contributed by atoms with Crippen molar-refractivity contribution >= 4 is 53.7 Å². The molecular formula is C39H46Br2N4O15. The Kier molecular flexibility index (Phi) is 18.0. The van der Waals surface area contributed by atoms with Crippen LogP contribution in [0, 0.1) is 36.0 Å². The number of terminal acetylenes is 1. The third kappa shape index (κ3) is 10.7. The van der Waals surface area contributed by atoms with Gasteiger partial charge in [-0.15, -0.1) is 6.42 Å². The predicted octanol–water partition coefficient (Wildman–Crippen LogP) is -2.86. The van der Waals surface area contributed by atoms with Crippen LogP contribution in [0.25, 0.3) is 21.8 Å². The fourth-order valence-electron chi connectivity index (χ4n) is 6.20. The monoisotopic (exact) mass is 968 g/mol. The van der Waals surface area contributed by atoms with Gasteiger partial charge in [-0.3, -0.25) is 10.2 Å². The van der Waals surface area contributed by atoms with E-state index in [0.717, 1.165) is 19.8 Å². The third-order valence-corrected chi connectivity index (χ3v) is 11.0. The summed E-state index contributed by atoms with van der Waals surface area (Å²) >= 11 is 6.85. The Morgan fingerprint density at radius 1 is 0.533 bits per heavy atom. The lowest BCUT2D eigenvalue weighted by Gasteiger charge is -2.37. The molecule has 21 heteroatoms. The number of aliphatic hydroxyl groups is 12. The number of ether oxygens (including phenoxy) is 3. The molecule has 19 nitrogen and oxygen atoms in total. The van der Waals surface area contributed by atoms with Crippen molar-refractivity contribution in [2.45, 2.75) is 99.0 Å². The highest BCUT2D eigenvalue weighted by Crippen LogP contribution is 2.28. The number of halogens is 2. The van der Waals surface area contributed by atoms with Crippen molar-refractivity contribution in [3.8, 4) is 36.0 Å². The Hall–Kier alpha value is -3.58. The molecule has 14 N–H and O–H groups in total. The number of rotatable bonds is 3. The Morgan fingerprint density at radius 2 is 0.933 bits per heavy atom. The number of hydrogen-bond donors (Lipinski definition) is 14. The Bertz CT molecular complexity index is 2070. The quantitative estimate of drug-likeness (QED) is 0.0919. The molecule has 0 amide bonds. The van der Waals surface area contributed by atoms with Gasteiger partial charge in [0, 0.05) is 25.3 Å². The van der Waals surface area contributed by atoms with Crippen molar-refractivity contribution in [1.82, 2.24) is 20.4 Å². The maximum Gasteiger partial charge on any atom is 0.147 e. The molecule has 2 aromatic heterocycles. The van der Waals surface area contributed by atoms with Gasteiger partial charge in [0.2, 0.25) is 0 Å². The zero-order chi connectivity index (χ0) is 43.1. The first-order valence-corrected chi connectivity index (χ1v) is 19.4. The zero-order valence-corrected chi connectivity index (χ0v) is 33.7. The van der Waals surface area contributed by atoms with Crippen LogP contribution in [0.15, 0.2) is 45.6 Å². The first kappa shape index (κ1) is 49.1. The summed E-state index contributed by atoms with van der Waals surface area (Å²) in [7, 11) is 0. The van der Waals surface area contributed by atoms with E-state index in [0.29, 0.717) is 22.0 Å². The van der Waals surface area contributed by atoms with E-state index >= 15 is 0 Å². The second-order valence-corrected chi connectivity index (χ2v) is 15.2. The van der Waals surface area contributed by atoms with Gasteiger partial charge >= 0.3 is 0 Å². The number of nitrogens with zero attached hydrogens (tertiary/aromatic N) is 2. The van der Waals surface area contributed by atoms with Gasteiger partial charge in [0.25, 0.3) is 0 Å². The summed E-state index contributed by atoms with van der Waals surface area (Å²) in [6, 6.07) is 7.22. The molecule has 0 unspecified atom stereocenters. The second-order valence-electron chi connectivity index (χ2n) is 13.5. The Balaban J connectivity index is 0.000000257. The van der Waals surface area contributed by atoms with E-state index in [2.05, 4.69) is 81.9 Å². The predicted molar refractivity (Wildman–Crippen MR) is 218 cm³/mol. The molecule has 2 aromatic carbocycles. The highest BCUT2D eigenvalue weighted by molar-refractivity contribution is 9.11. The Morgan fingerprint density at radius 3 is 1.40 bits per heavy atom. The van der Waals surface area contributed by atoms with Crippen LogP contribution in [0.5, 0.6) is 0 Å². The minimum Gasteiger partial charge on any atom is -0.394 e. The molecule has 15 atom stereocenters. The molecular weight excluding hydrogens is 924 g/mol. The van der Waals surface area contributed by atoms with Crippen molar-refractivity contribution in [3.63, 3.8) is 0 Å². The molecule has 0 spiro atoms. The summed E-state index contributed by atoms with van der Waals surface area (Å²) in [5, 5.41) is 130. The molecule has 0 radical (unpaired) electrons. The van der Waals surface area contributed by atoms with E-state index in [1.54, 1.807) is 18.3 Å². The summed E-state index contributed by atoms with van der Waals surface area (Å²) in [6.45, 7) is -1.57. The molecule has 5 heterocycles. The van der Waals surface area contributed by atoms with E-state index in [1.807, 2.05) is 12.1 Å². The first-order chi connectivity index (χ1) is 28.2. The van der Waals surface area contributed by atoms with Crippen LogP contribution in [0.3, 0.4) is 0 Å². The molecule has 60 heavy (non-hydrogen) atoms. The summed E-state index contributed by atoms with van der Waals surface area (Å²) in [4.78, 5) is 0. The summed E-state index contributed by atoms with van der Waals surface area (Å²) < 4.78 is 17.8. The summed E-state index contributed by atoms with van der Waals surface area (Å²) in [5.41, 5.74) is 2.49. The van der Waals surface area contributed by atoms with Crippen LogP contribution in [0.1, 0.15) is 18.6 Å². The van der Waals surface area contributed by atoms with Gasteiger partial charge in [0.05, 0.1) is 48.8 Å². The molecule has 3 fully saturated rings. The average molecular weight is 971 g/mol. The lowest BCUT2D eigenvalue weighted by Crippen LogP contribution is -2.58. The molecule has 3 saturated heterocycles. The molecule has 0 saturated carbocycles. The fraction of sp³-hybridized carbons (Fsp3) is 0.487. The standard InChI is InChI=1S/C23H26N2O10.C8H12O5.C7H4Br2N2.CH4/c26-8-15-20(30)22(32)18(28)13(34-15)5-3-10-1-2-11(17-12(10)7-24-25-17)4-6-14-19(29)23(33)21(31)16(9-27)35-14;1-2-4-6(10)8(12)7(11)5(3-9)13-4;8-5-1-2-6(9)7-4(5)3-10-11-7;/h1-2,7,13-16,18-23,26-33H,8-9H2,(H,24,25);1,4-12H,3H2;1-3H,(H,10,11);1H4/t13-,14-,15-,16-,18-,19-,20-,21-,22-,23-;4-,5-,6-,7-,8-;;/m11../s1. The lowest BCUT2D eigenvalue weighted by molar-refractivity contribution is -0.214. The molecule has 4 aromatic rings. The lowest BCUT2D eigenvalue weighted by atomic mass is 9.95. The molecule has 3 aliphatic rings. The van der Waals surface area contributed by atoms with Gasteiger partial charge in [-0.1, -0.05) is 53.0 Å². The SMILES string of the molecule is Brc1ccc(Br)c2[nH]ncc12.C.C#C[C@H]1O[C@H](CO)[C@@H](O)[C@H](O)[C@@H]1O.OC[C@H]1O[C@H](C#Cc2ccc(C#C[C@H]3O[C@H](CO)[C@@H](O)[C@H](O)[C@@H]3O)c3[nH]ncc23)[C@@H](O)[C@@H](O)[C@@H]1O. The van der Waals surface area contributed by atoms with Crippen LogP contribution in [0.2, 0.25) is 0 Å². The van der Waals surface area contributed by atoms with E-state index in [9.17, 15) is 56.2 Å². The highest BCUT2D eigenvalue weighted by atomic mass is 79.9. The van der Waals surface area contributed by atoms with Crippen LogP contribution in [0.4, 0.5) is 0 Å². The number of nitrogens with one attached hydrogen (secondary N) is 2. The number of aromatic nitrogens is 4. The van der Waals surface area contributed by atoms with Crippen molar-refractivity contribution in [3.05, 3.63) is 56.7 Å². The molecule has 3 aliphatic heterocycles. The number of H-pyrrole nitrogens is 2. The van der Waals surface area contributed by atoms with Crippen molar-refractivity contribution in [2.24, 2.45) is 0 Å². The van der Waals surface area contributed by atoms with Gasteiger partial charge in [-0.2, -0.15) is 10.2 Å². The minimum atomic E-state index is -1.53. The topological polar surface area (TPSA) is 328 Å². The molecule has 0 bridgehead atoms. The van der Waals surface area contributed by atoms with Gasteiger partial charge in [0.1, 0.15) is 91.6 Å². The van der Waals surface area contributed by atoms with Crippen LogP contribution >= 0.6 is 31.9 Å². The number of benzene rings is 2. The van der Waals surface area contributed by atoms with Gasteiger partial charge in [-0.05, 0) is 40.2 Å². The van der Waals surface area contributed by atoms with Crippen molar-refractivity contribution in [1.29, 1.82) is 0 Å². The minimum absolute atomic E-state index is 0. The number of fused-ring (bicyclic) bond motifs is 2. The summed E-state index contributed by atoms with van der Waals surface area (Å²) in [5.74, 6) is 13.2.